The van der Waals surface area contributed by atoms with E-state index < -0.39 is 11.7 Å². The summed E-state index contributed by atoms with van der Waals surface area (Å²) in [4.78, 5) is 24.8. The number of carbonyl (C=O) groups is 2. The average molecular weight is 386 g/mol. The quantitative estimate of drug-likeness (QED) is 0.686. The Labute approximate surface area is 164 Å². The standard InChI is InChI=1S/C22H27FN2O3/c1-14(12-16-6-4-3-5-7-16)21(26)24-17-8-9-19(23)20(13-17)25-22(27)18-10-11-28-15(18)2/h8-11,13-14,16H,3-7,12H2,1-2H3,(H,24,26)(H,25,27). The number of hydrogen-bond acceptors (Lipinski definition) is 3. The zero-order valence-electron chi connectivity index (χ0n) is 16.4. The molecule has 0 bridgehead atoms. The summed E-state index contributed by atoms with van der Waals surface area (Å²) < 4.78 is 19.2. The molecule has 28 heavy (non-hydrogen) atoms. The molecule has 1 saturated carbocycles. The fraction of sp³-hybridized carbons (Fsp3) is 0.455. The topological polar surface area (TPSA) is 71.3 Å². The smallest absolute Gasteiger partial charge is 0.259 e. The number of hydrogen-bond donors (Lipinski definition) is 2. The molecule has 1 atom stereocenters. The highest BCUT2D eigenvalue weighted by atomic mass is 19.1. The second-order valence-electron chi connectivity index (χ2n) is 7.67. The minimum atomic E-state index is -0.567. The molecule has 2 aromatic rings. The van der Waals surface area contributed by atoms with Crippen molar-refractivity contribution in [2.45, 2.75) is 52.4 Å². The van der Waals surface area contributed by atoms with E-state index in [1.54, 1.807) is 6.92 Å². The fourth-order valence-corrected chi connectivity index (χ4v) is 3.80. The fourth-order valence-electron chi connectivity index (χ4n) is 3.80. The second-order valence-corrected chi connectivity index (χ2v) is 7.67. The van der Waals surface area contributed by atoms with E-state index in [1.807, 2.05) is 6.92 Å². The van der Waals surface area contributed by atoms with E-state index in [0.717, 1.165) is 6.42 Å². The zero-order chi connectivity index (χ0) is 20.1. The lowest BCUT2D eigenvalue weighted by Gasteiger charge is -2.24. The Hall–Kier alpha value is -2.63. The molecule has 6 heteroatoms. The van der Waals surface area contributed by atoms with Crippen molar-refractivity contribution >= 4 is 23.2 Å². The molecule has 2 N–H and O–H groups in total. The van der Waals surface area contributed by atoms with Gasteiger partial charge in [-0.25, -0.2) is 4.39 Å². The van der Waals surface area contributed by atoms with Crippen LogP contribution < -0.4 is 10.6 Å². The first-order chi connectivity index (χ1) is 13.4. The van der Waals surface area contributed by atoms with Crippen molar-refractivity contribution in [1.29, 1.82) is 0 Å². The van der Waals surface area contributed by atoms with Crippen molar-refractivity contribution in [1.82, 2.24) is 0 Å². The van der Waals surface area contributed by atoms with Crippen molar-refractivity contribution in [3.8, 4) is 0 Å². The third kappa shape index (κ3) is 5.00. The molecule has 2 amide bonds. The Morgan fingerprint density at radius 3 is 2.61 bits per heavy atom. The third-order valence-corrected chi connectivity index (χ3v) is 5.44. The number of aryl methyl sites for hydroxylation is 1. The molecule has 150 valence electrons. The van der Waals surface area contributed by atoms with Gasteiger partial charge in [-0.1, -0.05) is 39.0 Å². The molecule has 1 aromatic carbocycles. The summed E-state index contributed by atoms with van der Waals surface area (Å²) >= 11 is 0. The van der Waals surface area contributed by atoms with Crippen molar-refractivity contribution in [2.24, 2.45) is 11.8 Å². The van der Waals surface area contributed by atoms with Crippen LogP contribution in [0.1, 0.15) is 61.6 Å². The van der Waals surface area contributed by atoms with Crippen LogP contribution in [0.25, 0.3) is 0 Å². The van der Waals surface area contributed by atoms with E-state index >= 15 is 0 Å². The van der Waals surface area contributed by atoms with Crippen LogP contribution in [0, 0.1) is 24.6 Å². The van der Waals surface area contributed by atoms with E-state index in [0.29, 0.717) is 22.9 Å². The molecule has 0 aliphatic heterocycles. The lowest BCUT2D eigenvalue weighted by atomic mass is 9.83. The van der Waals surface area contributed by atoms with Crippen molar-refractivity contribution < 1.29 is 18.4 Å². The minimum Gasteiger partial charge on any atom is -0.469 e. The lowest BCUT2D eigenvalue weighted by Crippen LogP contribution is -2.23. The highest BCUT2D eigenvalue weighted by Gasteiger charge is 2.21. The van der Waals surface area contributed by atoms with Gasteiger partial charge < -0.3 is 15.1 Å². The molecule has 1 heterocycles. The maximum absolute atomic E-state index is 14.1. The summed E-state index contributed by atoms with van der Waals surface area (Å²) in [6.45, 7) is 3.59. The molecule has 1 unspecified atom stereocenters. The summed E-state index contributed by atoms with van der Waals surface area (Å²) in [7, 11) is 0. The Balaban J connectivity index is 1.62. The van der Waals surface area contributed by atoms with Crippen LogP contribution in [-0.2, 0) is 4.79 Å². The highest BCUT2D eigenvalue weighted by Crippen LogP contribution is 2.29. The van der Waals surface area contributed by atoms with Crippen molar-refractivity contribution in [3.63, 3.8) is 0 Å². The summed E-state index contributed by atoms with van der Waals surface area (Å²) in [5.41, 5.74) is 0.819. The van der Waals surface area contributed by atoms with E-state index in [2.05, 4.69) is 10.6 Å². The molecular weight excluding hydrogens is 359 g/mol. The maximum atomic E-state index is 14.1. The third-order valence-electron chi connectivity index (χ3n) is 5.44. The van der Waals surface area contributed by atoms with Gasteiger partial charge in [0.15, 0.2) is 0 Å². The normalized spacial score (nSPS) is 15.8. The predicted molar refractivity (Wildman–Crippen MR) is 107 cm³/mol. The number of nitrogens with one attached hydrogen (secondary N) is 2. The number of amides is 2. The lowest BCUT2D eigenvalue weighted by molar-refractivity contribution is -0.120. The van der Waals surface area contributed by atoms with Gasteiger partial charge in [-0.15, -0.1) is 0 Å². The highest BCUT2D eigenvalue weighted by molar-refractivity contribution is 6.05. The maximum Gasteiger partial charge on any atom is 0.259 e. The van der Waals surface area contributed by atoms with Crippen LogP contribution in [0.3, 0.4) is 0 Å². The molecular formula is C22H27FN2O3. The first kappa shape index (κ1) is 20.1. The van der Waals surface area contributed by atoms with Gasteiger partial charge in [0.1, 0.15) is 11.6 Å². The summed E-state index contributed by atoms with van der Waals surface area (Å²) in [5, 5.41) is 5.38. The van der Waals surface area contributed by atoms with Crippen molar-refractivity contribution in [2.75, 3.05) is 10.6 Å². The molecule has 5 nitrogen and oxygen atoms in total. The number of halogens is 1. The Morgan fingerprint density at radius 1 is 1.18 bits per heavy atom. The van der Waals surface area contributed by atoms with Gasteiger partial charge in [0.25, 0.3) is 5.91 Å². The van der Waals surface area contributed by atoms with E-state index in [-0.39, 0.29) is 17.5 Å². The molecule has 3 rings (SSSR count). The van der Waals surface area contributed by atoms with Crippen LogP contribution in [0.5, 0.6) is 0 Å². The van der Waals surface area contributed by atoms with Gasteiger partial charge in [0.2, 0.25) is 5.91 Å². The molecule has 0 radical (unpaired) electrons. The monoisotopic (exact) mass is 386 g/mol. The first-order valence-corrected chi connectivity index (χ1v) is 9.90. The van der Waals surface area contributed by atoms with Gasteiger partial charge in [0, 0.05) is 11.6 Å². The van der Waals surface area contributed by atoms with Crippen LogP contribution in [0.4, 0.5) is 15.8 Å². The molecule has 0 saturated heterocycles. The number of rotatable bonds is 6. The molecule has 1 aromatic heterocycles. The molecule has 1 aliphatic rings. The SMILES string of the molecule is Cc1occc1C(=O)Nc1cc(NC(=O)C(C)CC2CCCCC2)ccc1F. The number of benzene rings is 1. The number of furan rings is 1. The van der Waals surface area contributed by atoms with Gasteiger partial charge in [0.05, 0.1) is 17.5 Å². The van der Waals surface area contributed by atoms with Gasteiger partial charge in [-0.3, -0.25) is 9.59 Å². The minimum absolute atomic E-state index is 0.0170. The van der Waals surface area contributed by atoms with Crippen LogP contribution in [-0.4, -0.2) is 11.8 Å². The van der Waals surface area contributed by atoms with Crippen LogP contribution in [0.15, 0.2) is 34.9 Å². The number of carbonyl (C=O) groups excluding carboxylic acids is 2. The molecule has 0 spiro atoms. The first-order valence-electron chi connectivity index (χ1n) is 9.90. The second kappa shape index (κ2) is 9.04. The predicted octanol–water partition coefficient (Wildman–Crippen LogP) is 5.52. The van der Waals surface area contributed by atoms with Gasteiger partial charge in [-0.05, 0) is 43.5 Å². The van der Waals surface area contributed by atoms with Gasteiger partial charge in [-0.2, -0.15) is 0 Å². The summed E-state index contributed by atoms with van der Waals surface area (Å²) in [6, 6.07) is 5.70. The summed E-state index contributed by atoms with van der Waals surface area (Å²) in [5.74, 6) is -0.156. The summed E-state index contributed by atoms with van der Waals surface area (Å²) in [6.07, 6.45) is 8.45. The van der Waals surface area contributed by atoms with E-state index in [4.69, 9.17) is 4.42 Å². The Kier molecular flexibility index (Phi) is 6.49. The van der Waals surface area contributed by atoms with Crippen LogP contribution >= 0.6 is 0 Å². The van der Waals surface area contributed by atoms with E-state index in [9.17, 15) is 14.0 Å². The largest absolute Gasteiger partial charge is 0.469 e. The molecule has 1 aliphatic carbocycles. The Bertz CT molecular complexity index is 840. The zero-order valence-corrected chi connectivity index (χ0v) is 16.4. The van der Waals surface area contributed by atoms with Gasteiger partial charge >= 0.3 is 0 Å². The molecule has 1 fully saturated rings. The Morgan fingerprint density at radius 2 is 1.93 bits per heavy atom. The van der Waals surface area contributed by atoms with Crippen molar-refractivity contribution in [3.05, 3.63) is 47.7 Å². The van der Waals surface area contributed by atoms with E-state index in [1.165, 1.54) is 62.6 Å². The van der Waals surface area contributed by atoms with Crippen LogP contribution in [0.2, 0.25) is 0 Å². The number of anilines is 2. The average Bonchev–Trinajstić information content (AvgIpc) is 3.11.